The second-order valence-electron chi connectivity index (χ2n) is 9.44. The van der Waals surface area contributed by atoms with E-state index in [1.807, 2.05) is 6.92 Å². The first-order chi connectivity index (χ1) is 18.5. The van der Waals surface area contributed by atoms with Gasteiger partial charge in [0.1, 0.15) is 12.3 Å². The number of aldehydes is 1. The van der Waals surface area contributed by atoms with E-state index < -0.39 is 29.9 Å². The van der Waals surface area contributed by atoms with E-state index >= 15 is 0 Å². The lowest BCUT2D eigenvalue weighted by Crippen LogP contribution is -2.52. The van der Waals surface area contributed by atoms with Crippen molar-refractivity contribution in [3.8, 4) is 0 Å². The largest absolute Gasteiger partial charge is 0.480 e. The lowest BCUT2D eigenvalue weighted by molar-refractivity contribution is -0.140. The molecule has 15 heteroatoms. The number of carboxylic acids is 3. The van der Waals surface area contributed by atoms with Crippen LogP contribution < -0.4 is 10.6 Å². The van der Waals surface area contributed by atoms with Gasteiger partial charge in [0, 0.05) is 65.3 Å². The van der Waals surface area contributed by atoms with Crippen LogP contribution in [0.5, 0.6) is 0 Å². The van der Waals surface area contributed by atoms with Crippen LogP contribution >= 0.6 is 0 Å². The molecule has 0 bridgehead atoms. The average molecular weight is 559 g/mol. The number of hydrogen-bond acceptors (Lipinski definition) is 10. The smallest absolute Gasteiger partial charge is 0.317 e. The van der Waals surface area contributed by atoms with Gasteiger partial charge >= 0.3 is 17.9 Å². The standard InChI is InChI=1S/C24H42N6O9/c1-2-5-25-24(39)19(4-3-14-31)26-20(32)15-27-6-8-28(16-21(33)34)10-12-30(18-23(37)38)13-11-29(9-7-27)17-22(35)36/h14,19H,2-13,15-18H2,1H3,(H,25,39)(H,26,32)(H,33,34)(H,35,36)(H,37,38)/t19-/m0/s1. The van der Waals surface area contributed by atoms with Gasteiger partial charge in [-0.1, -0.05) is 6.92 Å². The van der Waals surface area contributed by atoms with Crippen molar-refractivity contribution in [3.05, 3.63) is 0 Å². The summed E-state index contributed by atoms with van der Waals surface area (Å²) in [6, 6.07) is -0.881. The Morgan fingerprint density at radius 1 is 0.718 bits per heavy atom. The fourth-order valence-electron chi connectivity index (χ4n) is 4.10. The summed E-state index contributed by atoms with van der Waals surface area (Å²) in [5.41, 5.74) is 0. The molecule has 2 amide bonds. The summed E-state index contributed by atoms with van der Waals surface area (Å²) in [6.45, 7) is 3.58. The molecule has 1 atom stereocenters. The van der Waals surface area contributed by atoms with Crippen LogP contribution in [0, 0.1) is 0 Å². The number of carboxylic acid groups (broad SMARTS) is 3. The lowest BCUT2D eigenvalue weighted by atomic mass is 10.1. The van der Waals surface area contributed by atoms with E-state index in [2.05, 4.69) is 10.6 Å². The van der Waals surface area contributed by atoms with E-state index in [0.29, 0.717) is 19.3 Å². The van der Waals surface area contributed by atoms with E-state index in [0.717, 1.165) is 0 Å². The van der Waals surface area contributed by atoms with Crippen LogP contribution in [0.3, 0.4) is 0 Å². The molecular weight excluding hydrogens is 516 g/mol. The van der Waals surface area contributed by atoms with Gasteiger partial charge in [-0.3, -0.25) is 43.6 Å². The Bertz CT molecular complexity index is 796. The maximum absolute atomic E-state index is 12.9. The molecule has 0 aromatic carbocycles. The van der Waals surface area contributed by atoms with E-state index in [1.165, 1.54) is 0 Å². The maximum atomic E-state index is 12.9. The van der Waals surface area contributed by atoms with Crippen LogP contribution in [0.25, 0.3) is 0 Å². The molecule has 5 N–H and O–H groups in total. The zero-order valence-electron chi connectivity index (χ0n) is 22.5. The van der Waals surface area contributed by atoms with Crippen molar-refractivity contribution >= 4 is 36.0 Å². The third kappa shape index (κ3) is 15.8. The van der Waals surface area contributed by atoms with Crippen LogP contribution in [-0.2, 0) is 28.8 Å². The highest BCUT2D eigenvalue weighted by Gasteiger charge is 2.24. The summed E-state index contributed by atoms with van der Waals surface area (Å²) in [6.07, 6.45) is 1.63. The van der Waals surface area contributed by atoms with Crippen LogP contribution in [0.4, 0.5) is 0 Å². The topological polar surface area (TPSA) is 200 Å². The molecule has 15 nitrogen and oxygen atoms in total. The molecule has 1 heterocycles. The van der Waals surface area contributed by atoms with Gasteiger partial charge in [-0.05, 0) is 12.8 Å². The molecule has 0 spiro atoms. The minimum Gasteiger partial charge on any atom is -0.480 e. The number of carbonyl (C=O) groups excluding carboxylic acids is 3. The number of hydrogen-bond donors (Lipinski definition) is 5. The summed E-state index contributed by atoms with van der Waals surface area (Å²) >= 11 is 0. The fourth-order valence-corrected chi connectivity index (χ4v) is 4.10. The van der Waals surface area contributed by atoms with E-state index in [9.17, 15) is 44.1 Å². The lowest BCUT2D eigenvalue weighted by Gasteiger charge is -2.33. The Morgan fingerprint density at radius 3 is 1.44 bits per heavy atom. The molecule has 1 aliphatic heterocycles. The van der Waals surface area contributed by atoms with Crippen molar-refractivity contribution in [2.24, 2.45) is 0 Å². The summed E-state index contributed by atoms with van der Waals surface area (Å²) in [7, 11) is 0. The fraction of sp³-hybridized carbons (Fsp3) is 0.750. The SMILES string of the molecule is CCCNC(=O)[C@H](CCC=O)NC(=O)CN1CCN(CC(=O)O)CCN(CC(=O)O)CCN(CC(=O)O)CC1. The van der Waals surface area contributed by atoms with E-state index in [4.69, 9.17) is 0 Å². The van der Waals surface area contributed by atoms with Crippen LogP contribution in [0.15, 0.2) is 0 Å². The highest BCUT2D eigenvalue weighted by molar-refractivity contribution is 5.88. The molecule has 1 fully saturated rings. The summed E-state index contributed by atoms with van der Waals surface area (Å²) in [4.78, 5) is 77.0. The number of nitrogens with one attached hydrogen (secondary N) is 2. The van der Waals surface area contributed by atoms with Crippen molar-refractivity contribution in [1.82, 2.24) is 30.2 Å². The predicted octanol–water partition coefficient (Wildman–Crippen LogP) is -2.55. The molecule has 222 valence electrons. The molecule has 0 aliphatic carbocycles. The van der Waals surface area contributed by atoms with Gasteiger partial charge in [0.25, 0.3) is 0 Å². The molecule has 0 radical (unpaired) electrons. The van der Waals surface area contributed by atoms with Crippen molar-refractivity contribution in [2.75, 3.05) is 85.1 Å². The molecule has 0 unspecified atom stereocenters. The average Bonchev–Trinajstić information content (AvgIpc) is 2.85. The first kappa shape index (κ1) is 33.9. The maximum Gasteiger partial charge on any atom is 0.317 e. The number of carbonyl (C=O) groups is 6. The third-order valence-electron chi connectivity index (χ3n) is 6.15. The molecule has 0 aromatic heterocycles. The van der Waals surface area contributed by atoms with Gasteiger partial charge in [0.05, 0.1) is 26.2 Å². The Kier molecular flexibility index (Phi) is 16.5. The first-order valence-electron chi connectivity index (χ1n) is 13.1. The van der Waals surface area contributed by atoms with Crippen molar-refractivity contribution < 1.29 is 44.1 Å². The monoisotopic (exact) mass is 558 g/mol. The minimum absolute atomic E-state index is 0.0986. The zero-order chi connectivity index (χ0) is 29.2. The minimum atomic E-state index is -1.04. The first-order valence-corrected chi connectivity index (χ1v) is 13.1. The second-order valence-corrected chi connectivity index (χ2v) is 9.44. The number of amides is 2. The molecule has 1 aliphatic rings. The van der Waals surface area contributed by atoms with Crippen LogP contribution in [0.1, 0.15) is 26.2 Å². The Labute approximate surface area is 228 Å². The number of aliphatic carboxylic acids is 3. The van der Waals surface area contributed by atoms with Gasteiger partial charge in [-0.2, -0.15) is 0 Å². The normalized spacial score (nSPS) is 17.8. The molecule has 1 saturated heterocycles. The Hall–Kier alpha value is -3.14. The Balaban J connectivity index is 3.00. The van der Waals surface area contributed by atoms with Crippen LogP contribution in [0.2, 0.25) is 0 Å². The van der Waals surface area contributed by atoms with E-state index in [-0.39, 0.29) is 97.3 Å². The van der Waals surface area contributed by atoms with Crippen molar-refractivity contribution in [1.29, 1.82) is 0 Å². The highest BCUT2D eigenvalue weighted by atomic mass is 16.4. The van der Waals surface area contributed by atoms with Crippen LogP contribution in [-0.4, -0.2) is 162 Å². The van der Waals surface area contributed by atoms with Crippen molar-refractivity contribution in [3.63, 3.8) is 0 Å². The van der Waals surface area contributed by atoms with Gasteiger partial charge in [0.15, 0.2) is 0 Å². The third-order valence-corrected chi connectivity index (χ3v) is 6.15. The molecular formula is C24H42N6O9. The zero-order valence-corrected chi connectivity index (χ0v) is 22.5. The Morgan fingerprint density at radius 2 is 1.10 bits per heavy atom. The highest BCUT2D eigenvalue weighted by Crippen LogP contribution is 2.03. The summed E-state index contributed by atoms with van der Waals surface area (Å²) in [5.74, 6) is -3.96. The predicted molar refractivity (Wildman–Crippen MR) is 139 cm³/mol. The number of rotatable bonds is 15. The number of nitrogens with zero attached hydrogens (tertiary/aromatic N) is 4. The molecule has 0 aromatic rings. The summed E-state index contributed by atoms with van der Waals surface area (Å²) in [5, 5.41) is 33.3. The summed E-state index contributed by atoms with van der Waals surface area (Å²) < 4.78 is 0. The van der Waals surface area contributed by atoms with E-state index in [1.54, 1.807) is 19.6 Å². The molecule has 1 rings (SSSR count). The van der Waals surface area contributed by atoms with Gasteiger partial charge in [0.2, 0.25) is 11.8 Å². The molecule has 39 heavy (non-hydrogen) atoms. The van der Waals surface area contributed by atoms with Crippen molar-refractivity contribution in [2.45, 2.75) is 32.2 Å². The second kappa shape index (κ2) is 19.0. The van der Waals surface area contributed by atoms with Gasteiger partial charge < -0.3 is 30.7 Å². The quantitative estimate of drug-likeness (QED) is 0.132. The molecule has 0 saturated carbocycles. The van der Waals surface area contributed by atoms with Gasteiger partial charge in [-0.25, -0.2) is 0 Å². The van der Waals surface area contributed by atoms with Gasteiger partial charge in [-0.15, -0.1) is 0 Å².